The van der Waals surface area contributed by atoms with Gasteiger partial charge in [-0.05, 0) is 60.5 Å². The molecule has 2 aromatic carbocycles. The third kappa shape index (κ3) is 4.34. The molecule has 21 heavy (non-hydrogen) atoms. The van der Waals surface area contributed by atoms with Gasteiger partial charge in [-0.1, -0.05) is 38.8 Å². The maximum absolute atomic E-state index is 13.5. The van der Waals surface area contributed by atoms with E-state index in [1.165, 1.54) is 24.3 Å². The van der Waals surface area contributed by atoms with Crippen LogP contribution >= 0.6 is 31.9 Å². The second-order valence-corrected chi connectivity index (χ2v) is 6.42. The van der Waals surface area contributed by atoms with Crippen LogP contribution in [0.3, 0.4) is 0 Å². The molecule has 0 aliphatic heterocycles. The first kappa shape index (κ1) is 16.6. The van der Waals surface area contributed by atoms with Crippen molar-refractivity contribution >= 4 is 31.9 Å². The Bertz CT molecular complexity index is 632. The van der Waals surface area contributed by atoms with E-state index in [0.29, 0.717) is 6.42 Å². The lowest BCUT2D eigenvalue weighted by Gasteiger charge is -2.20. The smallest absolute Gasteiger partial charge is 0.123 e. The SMILES string of the molecule is CCNC(Cc1cc(F)ccc1Br)c1cc(F)ccc1Br. The Morgan fingerprint density at radius 3 is 2.29 bits per heavy atom. The maximum Gasteiger partial charge on any atom is 0.123 e. The van der Waals surface area contributed by atoms with Gasteiger partial charge in [0.1, 0.15) is 11.6 Å². The third-order valence-electron chi connectivity index (χ3n) is 3.22. The van der Waals surface area contributed by atoms with Crippen LogP contribution < -0.4 is 5.32 Å². The number of halogens is 4. The standard InChI is InChI=1S/C16H15Br2F2N/c1-2-21-16(13-9-12(20)4-6-15(13)18)8-10-7-11(19)3-5-14(10)17/h3-7,9,16,21H,2,8H2,1H3. The van der Waals surface area contributed by atoms with Gasteiger partial charge < -0.3 is 5.32 Å². The molecule has 0 aromatic heterocycles. The quantitative estimate of drug-likeness (QED) is 0.686. The highest BCUT2D eigenvalue weighted by Gasteiger charge is 2.17. The van der Waals surface area contributed by atoms with Crippen LogP contribution in [0.25, 0.3) is 0 Å². The minimum absolute atomic E-state index is 0.0989. The van der Waals surface area contributed by atoms with Gasteiger partial charge in [0.25, 0.3) is 0 Å². The molecule has 0 bridgehead atoms. The number of hydrogen-bond acceptors (Lipinski definition) is 1. The number of hydrogen-bond donors (Lipinski definition) is 1. The first-order valence-corrected chi connectivity index (χ1v) is 8.22. The van der Waals surface area contributed by atoms with Crippen molar-refractivity contribution in [2.75, 3.05) is 6.54 Å². The zero-order valence-electron chi connectivity index (χ0n) is 11.5. The van der Waals surface area contributed by atoms with E-state index in [4.69, 9.17) is 0 Å². The van der Waals surface area contributed by atoms with Crippen molar-refractivity contribution in [2.24, 2.45) is 0 Å². The van der Waals surface area contributed by atoms with Gasteiger partial charge in [-0.3, -0.25) is 0 Å². The lowest BCUT2D eigenvalue weighted by atomic mass is 9.98. The summed E-state index contributed by atoms with van der Waals surface area (Å²) in [7, 11) is 0. The van der Waals surface area contributed by atoms with Crippen LogP contribution in [0, 0.1) is 11.6 Å². The number of benzene rings is 2. The van der Waals surface area contributed by atoms with Crippen LogP contribution in [0.1, 0.15) is 24.1 Å². The molecule has 1 nitrogen and oxygen atoms in total. The van der Waals surface area contributed by atoms with Gasteiger partial charge in [0, 0.05) is 15.0 Å². The fraction of sp³-hybridized carbons (Fsp3) is 0.250. The Morgan fingerprint density at radius 2 is 1.62 bits per heavy atom. The van der Waals surface area contributed by atoms with Crippen LogP contribution in [-0.4, -0.2) is 6.54 Å². The molecule has 0 saturated heterocycles. The van der Waals surface area contributed by atoms with Gasteiger partial charge in [0.2, 0.25) is 0 Å². The Kier molecular flexibility index (Phi) is 5.90. The van der Waals surface area contributed by atoms with Gasteiger partial charge in [-0.25, -0.2) is 8.78 Å². The number of rotatable bonds is 5. The average Bonchev–Trinajstić information content (AvgIpc) is 2.45. The van der Waals surface area contributed by atoms with Gasteiger partial charge in [0.15, 0.2) is 0 Å². The van der Waals surface area contributed by atoms with E-state index in [9.17, 15) is 8.78 Å². The highest BCUT2D eigenvalue weighted by molar-refractivity contribution is 9.10. The van der Waals surface area contributed by atoms with E-state index in [1.54, 1.807) is 12.1 Å². The summed E-state index contributed by atoms with van der Waals surface area (Å²) in [5.74, 6) is -0.559. The molecule has 2 rings (SSSR count). The molecular weight excluding hydrogens is 404 g/mol. The molecule has 1 unspecified atom stereocenters. The molecular formula is C16H15Br2F2N. The monoisotopic (exact) mass is 417 g/mol. The van der Waals surface area contributed by atoms with Gasteiger partial charge in [-0.2, -0.15) is 0 Å². The minimum Gasteiger partial charge on any atom is -0.310 e. The van der Waals surface area contributed by atoms with E-state index in [1.807, 2.05) is 6.92 Å². The molecule has 112 valence electrons. The number of likely N-dealkylation sites (N-methyl/N-ethyl adjacent to an activating group) is 1. The van der Waals surface area contributed by atoms with E-state index in [2.05, 4.69) is 37.2 Å². The van der Waals surface area contributed by atoms with Crippen molar-refractivity contribution in [3.8, 4) is 0 Å². The molecule has 0 fully saturated rings. The maximum atomic E-state index is 13.5. The van der Waals surface area contributed by atoms with E-state index in [0.717, 1.165) is 26.6 Å². The Labute approximate surface area is 140 Å². The predicted octanol–water partition coefficient (Wildman–Crippen LogP) is 5.38. The highest BCUT2D eigenvalue weighted by Crippen LogP contribution is 2.29. The molecule has 0 radical (unpaired) electrons. The second kappa shape index (κ2) is 7.47. The molecule has 0 amide bonds. The molecule has 1 N–H and O–H groups in total. The lowest BCUT2D eigenvalue weighted by Crippen LogP contribution is -2.23. The molecule has 5 heteroatoms. The zero-order chi connectivity index (χ0) is 15.4. The molecule has 0 aliphatic rings. The van der Waals surface area contributed by atoms with Crippen molar-refractivity contribution in [1.82, 2.24) is 5.32 Å². The van der Waals surface area contributed by atoms with E-state index in [-0.39, 0.29) is 17.7 Å². The Balaban J connectivity index is 2.35. The molecule has 0 spiro atoms. The van der Waals surface area contributed by atoms with Crippen molar-refractivity contribution in [3.05, 3.63) is 68.1 Å². The third-order valence-corrected chi connectivity index (χ3v) is 4.71. The summed E-state index contributed by atoms with van der Waals surface area (Å²) in [5, 5.41) is 3.32. The van der Waals surface area contributed by atoms with Gasteiger partial charge >= 0.3 is 0 Å². The zero-order valence-corrected chi connectivity index (χ0v) is 14.6. The van der Waals surface area contributed by atoms with Gasteiger partial charge in [-0.15, -0.1) is 0 Å². The average molecular weight is 419 g/mol. The normalized spacial score (nSPS) is 12.4. The van der Waals surface area contributed by atoms with Crippen molar-refractivity contribution in [2.45, 2.75) is 19.4 Å². The van der Waals surface area contributed by atoms with Gasteiger partial charge in [0.05, 0.1) is 0 Å². The predicted molar refractivity (Wildman–Crippen MR) is 88.3 cm³/mol. The summed E-state index contributed by atoms with van der Waals surface area (Å²) in [4.78, 5) is 0. The van der Waals surface area contributed by atoms with Crippen LogP contribution in [0.15, 0.2) is 45.3 Å². The second-order valence-electron chi connectivity index (χ2n) is 4.72. The fourth-order valence-corrected chi connectivity index (χ4v) is 3.17. The molecule has 2 aromatic rings. The summed E-state index contributed by atoms with van der Waals surface area (Å²) in [6.45, 7) is 2.72. The van der Waals surface area contributed by atoms with Crippen molar-refractivity contribution in [1.29, 1.82) is 0 Å². The van der Waals surface area contributed by atoms with Crippen LogP contribution in [0.4, 0.5) is 8.78 Å². The van der Waals surface area contributed by atoms with E-state index < -0.39 is 0 Å². The van der Waals surface area contributed by atoms with Crippen molar-refractivity contribution in [3.63, 3.8) is 0 Å². The summed E-state index contributed by atoms with van der Waals surface area (Å²) in [5.41, 5.74) is 1.67. The van der Waals surface area contributed by atoms with Crippen LogP contribution in [0.5, 0.6) is 0 Å². The van der Waals surface area contributed by atoms with Crippen molar-refractivity contribution < 1.29 is 8.78 Å². The molecule has 1 atom stereocenters. The van der Waals surface area contributed by atoms with Crippen LogP contribution in [0.2, 0.25) is 0 Å². The fourth-order valence-electron chi connectivity index (χ4n) is 2.24. The largest absolute Gasteiger partial charge is 0.310 e. The minimum atomic E-state index is -0.283. The highest BCUT2D eigenvalue weighted by atomic mass is 79.9. The topological polar surface area (TPSA) is 12.0 Å². The summed E-state index contributed by atoms with van der Waals surface area (Å²) in [6.07, 6.45) is 0.564. The lowest BCUT2D eigenvalue weighted by molar-refractivity contribution is 0.537. The first-order valence-electron chi connectivity index (χ1n) is 6.63. The molecule has 0 aliphatic carbocycles. The summed E-state index contributed by atoms with van der Waals surface area (Å²) < 4.78 is 28.6. The molecule has 0 saturated carbocycles. The Hall–Kier alpha value is -0.780. The van der Waals surface area contributed by atoms with E-state index >= 15 is 0 Å². The first-order chi connectivity index (χ1) is 10.0. The van der Waals surface area contributed by atoms with Crippen LogP contribution in [-0.2, 0) is 6.42 Å². The summed E-state index contributed by atoms with van der Waals surface area (Å²) in [6, 6.07) is 9.11. The number of nitrogens with one attached hydrogen (secondary N) is 1. The Morgan fingerprint density at radius 1 is 1.00 bits per heavy atom. The summed E-state index contributed by atoms with van der Waals surface area (Å²) >= 11 is 6.89. The molecule has 0 heterocycles.